The van der Waals surface area contributed by atoms with Crippen LogP contribution >= 0.6 is 0 Å². The largest absolute Gasteiger partial charge is 0.373 e. The molecule has 8 heteroatoms. The van der Waals surface area contributed by atoms with Crippen molar-refractivity contribution in [3.63, 3.8) is 0 Å². The van der Waals surface area contributed by atoms with Crippen LogP contribution in [-0.2, 0) is 21.3 Å². The molecule has 1 aliphatic rings. The van der Waals surface area contributed by atoms with Crippen LogP contribution in [0, 0.1) is 11.6 Å². The molecule has 0 amide bonds. The number of hydrogen-bond donors (Lipinski definition) is 1. The molecule has 2 atom stereocenters. The Morgan fingerprint density at radius 1 is 1.22 bits per heavy atom. The van der Waals surface area contributed by atoms with Gasteiger partial charge in [0.1, 0.15) is 11.6 Å². The highest BCUT2D eigenvalue weighted by Gasteiger charge is 2.30. The van der Waals surface area contributed by atoms with Crippen molar-refractivity contribution in [1.29, 1.82) is 0 Å². The van der Waals surface area contributed by atoms with E-state index in [2.05, 4.69) is 5.32 Å². The molecule has 130 valence electrons. The number of hydrogen-bond acceptors (Lipinski definition) is 4. The van der Waals surface area contributed by atoms with Crippen molar-refractivity contribution < 1.29 is 21.9 Å². The summed E-state index contributed by atoms with van der Waals surface area (Å²) in [6.07, 6.45) is -0.289. The number of sulfonamides is 1. The van der Waals surface area contributed by atoms with Crippen LogP contribution in [0.3, 0.4) is 0 Å². The van der Waals surface area contributed by atoms with Gasteiger partial charge in [-0.05, 0) is 26.0 Å². The Morgan fingerprint density at radius 2 is 1.78 bits per heavy atom. The summed E-state index contributed by atoms with van der Waals surface area (Å²) in [6.45, 7) is 4.39. The molecule has 0 unspecified atom stereocenters. The average Bonchev–Trinajstić information content (AvgIpc) is 2.45. The number of ether oxygens (including phenoxy) is 1. The lowest BCUT2D eigenvalue weighted by molar-refractivity contribution is -0.0440. The molecule has 1 heterocycles. The van der Waals surface area contributed by atoms with Crippen LogP contribution < -0.4 is 5.32 Å². The fourth-order valence-corrected chi connectivity index (χ4v) is 4.14. The highest BCUT2D eigenvalue weighted by Crippen LogP contribution is 2.15. The van der Waals surface area contributed by atoms with Crippen LogP contribution in [0.15, 0.2) is 18.2 Å². The minimum absolute atomic E-state index is 0.0516. The van der Waals surface area contributed by atoms with Crippen molar-refractivity contribution in [2.24, 2.45) is 0 Å². The molecule has 1 N–H and O–H groups in total. The molecular weight excluding hydrogens is 326 g/mol. The zero-order valence-electron chi connectivity index (χ0n) is 13.3. The number of benzene rings is 1. The smallest absolute Gasteiger partial charge is 0.215 e. The third-order valence-electron chi connectivity index (χ3n) is 3.68. The summed E-state index contributed by atoms with van der Waals surface area (Å²) < 4.78 is 58.5. The first-order valence-corrected chi connectivity index (χ1v) is 9.17. The fraction of sp³-hybridized carbons (Fsp3) is 0.600. The quantitative estimate of drug-likeness (QED) is 0.792. The van der Waals surface area contributed by atoms with Gasteiger partial charge in [-0.25, -0.2) is 17.2 Å². The molecule has 2 rings (SSSR count). The van der Waals surface area contributed by atoms with Crippen molar-refractivity contribution in [3.8, 4) is 0 Å². The molecule has 1 aromatic carbocycles. The first-order valence-electron chi connectivity index (χ1n) is 7.56. The van der Waals surface area contributed by atoms with E-state index in [1.54, 1.807) is 0 Å². The second kappa shape index (κ2) is 7.65. The normalized spacial score (nSPS) is 23.1. The number of rotatable bonds is 6. The minimum atomic E-state index is -3.42. The predicted molar refractivity (Wildman–Crippen MR) is 83.4 cm³/mol. The van der Waals surface area contributed by atoms with Crippen molar-refractivity contribution >= 4 is 10.0 Å². The molecule has 1 aromatic rings. The Morgan fingerprint density at radius 3 is 2.35 bits per heavy atom. The lowest BCUT2D eigenvalue weighted by Crippen LogP contribution is -2.49. The van der Waals surface area contributed by atoms with Crippen LogP contribution in [0.1, 0.15) is 19.4 Å². The molecule has 23 heavy (non-hydrogen) atoms. The Labute approximate surface area is 135 Å². The second-order valence-electron chi connectivity index (χ2n) is 5.77. The Kier molecular flexibility index (Phi) is 6.07. The van der Waals surface area contributed by atoms with Crippen LogP contribution in [-0.4, -0.2) is 50.3 Å². The van der Waals surface area contributed by atoms with Crippen LogP contribution in [0.25, 0.3) is 0 Å². The van der Waals surface area contributed by atoms with Gasteiger partial charge in [-0.15, -0.1) is 0 Å². The molecule has 1 saturated heterocycles. The molecule has 0 aromatic heterocycles. The zero-order valence-corrected chi connectivity index (χ0v) is 14.1. The standard InChI is InChI=1S/C15H22F2N2O3S/c1-11-9-19(10-12(2)22-11)23(20,21)7-6-18-8-13-14(16)4-3-5-15(13)17/h3-5,11-12,18H,6-10H2,1-2H3/t11-,12-/m1/s1. The summed E-state index contributed by atoms with van der Waals surface area (Å²) in [7, 11) is -3.42. The lowest BCUT2D eigenvalue weighted by Gasteiger charge is -2.34. The number of nitrogens with zero attached hydrogens (tertiary/aromatic N) is 1. The summed E-state index contributed by atoms with van der Waals surface area (Å²) in [4.78, 5) is 0. The van der Waals surface area contributed by atoms with Crippen LogP contribution in [0.2, 0.25) is 0 Å². The molecule has 5 nitrogen and oxygen atoms in total. The monoisotopic (exact) mass is 348 g/mol. The zero-order chi connectivity index (χ0) is 17.0. The van der Waals surface area contributed by atoms with E-state index in [4.69, 9.17) is 4.74 Å². The summed E-state index contributed by atoms with van der Waals surface area (Å²) in [5.74, 6) is -1.41. The maximum atomic E-state index is 13.5. The molecular formula is C15H22F2N2O3S. The van der Waals surface area contributed by atoms with E-state index in [0.29, 0.717) is 13.1 Å². The Hall–Kier alpha value is -1.09. The molecule has 0 bridgehead atoms. The van der Waals surface area contributed by atoms with Crippen molar-refractivity contribution in [1.82, 2.24) is 9.62 Å². The molecule has 0 saturated carbocycles. The first kappa shape index (κ1) is 18.3. The highest BCUT2D eigenvalue weighted by atomic mass is 32.2. The summed E-state index contributed by atoms with van der Waals surface area (Å²) in [5, 5.41) is 2.78. The third kappa shape index (κ3) is 4.94. The van der Waals surface area contributed by atoms with E-state index in [1.807, 2.05) is 13.8 Å². The SMILES string of the molecule is C[C@@H]1CN(S(=O)(=O)CCNCc2c(F)cccc2F)C[C@@H](C)O1. The van der Waals surface area contributed by atoms with E-state index < -0.39 is 21.7 Å². The van der Waals surface area contributed by atoms with Crippen LogP contribution in [0.5, 0.6) is 0 Å². The van der Waals surface area contributed by atoms with Gasteiger partial charge in [0.05, 0.1) is 18.0 Å². The number of nitrogens with one attached hydrogen (secondary N) is 1. The van der Waals surface area contributed by atoms with Crippen molar-refractivity contribution in [3.05, 3.63) is 35.4 Å². The summed E-state index contributed by atoms with van der Waals surface area (Å²) >= 11 is 0. The van der Waals surface area contributed by atoms with Crippen LogP contribution in [0.4, 0.5) is 8.78 Å². The molecule has 1 fully saturated rings. The molecule has 1 aliphatic heterocycles. The van der Waals surface area contributed by atoms with E-state index in [9.17, 15) is 17.2 Å². The van der Waals surface area contributed by atoms with Crippen molar-refractivity contribution in [2.75, 3.05) is 25.4 Å². The second-order valence-corrected chi connectivity index (χ2v) is 7.86. The molecule has 0 aliphatic carbocycles. The van der Waals surface area contributed by atoms with E-state index in [1.165, 1.54) is 22.5 Å². The molecule has 0 spiro atoms. The van der Waals surface area contributed by atoms with E-state index in [0.717, 1.165) is 0 Å². The van der Waals surface area contributed by atoms with Gasteiger partial charge in [-0.3, -0.25) is 0 Å². The highest BCUT2D eigenvalue weighted by molar-refractivity contribution is 7.89. The third-order valence-corrected chi connectivity index (χ3v) is 5.48. The number of morpholine rings is 1. The average molecular weight is 348 g/mol. The maximum absolute atomic E-state index is 13.5. The van der Waals surface area contributed by atoms with Gasteiger partial charge >= 0.3 is 0 Å². The van der Waals surface area contributed by atoms with E-state index in [-0.39, 0.29) is 36.6 Å². The topological polar surface area (TPSA) is 58.6 Å². The van der Waals surface area contributed by atoms with Gasteiger partial charge in [-0.1, -0.05) is 6.07 Å². The van der Waals surface area contributed by atoms with Gasteiger partial charge in [0, 0.05) is 31.7 Å². The van der Waals surface area contributed by atoms with Gasteiger partial charge in [-0.2, -0.15) is 4.31 Å². The van der Waals surface area contributed by atoms with Gasteiger partial charge in [0.25, 0.3) is 0 Å². The van der Waals surface area contributed by atoms with E-state index >= 15 is 0 Å². The molecule has 0 radical (unpaired) electrons. The van der Waals surface area contributed by atoms with Gasteiger partial charge < -0.3 is 10.1 Å². The Balaban J connectivity index is 1.85. The lowest BCUT2D eigenvalue weighted by atomic mass is 10.2. The minimum Gasteiger partial charge on any atom is -0.373 e. The summed E-state index contributed by atoms with van der Waals surface area (Å²) in [6, 6.07) is 3.64. The van der Waals surface area contributed by atoms with Gasteiger partial charge in [0.2, 0.25) is 10.0 Å². The predicted octanol–water partition coefficient (Wildman–Crippen LogP) is 1.49. The van der Waals surface area contributed by atoms with Gasteiger partial charge in [0.15, 0.2) is 0 Å². The van der Waals surface area contributed by atoms with Crippen molar-refractivity contribution in [2.45, 2.75) is 32.6 Å². The summed E-state index contributed by atoms with van der Waals surface area (Å²) in [5.41, 5.74) is -0.0847. The number of halogens is 2. The fourth-order valence-electron chi connectivity index (χ4n) is 2.60. The first-order chi connectivity index (χ1) is 10.8. The maximum Gasteiger partial charge on any atom is 0.215 e. The Bertz CT molecular complexity index is 609.